The number of carbonyl (C=O) groups excluding carboxylic acids is 1. The first-order chi connectivity index (χ1) is 17.0. The van der Waals surface area contributed by atoms with Crippen LogP contribution in [0.15, 0.2) is 57.9 Å². The molecule has 11 nitrogen and oxygen atoms in total. The van der Waals surface area contributed by atoms with Crippen LogP contribution in [0.2, 0.25) is 0 Å². The summed E-state index contributed by atoms with van der Waals surface area (Å²) in [4.78, 5) is 27.7. The number of fused-ring (bicyclic) bond motifs is 1. The lowest BCUT2D eigenvalue weighted by Gasteiger charge is -2.37. The molecule has 0 unspecified atom stereocenters. The number of benzene rings is 1. The molecule has 5 rings (SSSR count). The Morgan fingerprint density at radius 3 is 2.83 bits per heavy atom. The van der Waals surface area contributed by atoms with Gasteiger partial charge in [0.1, 0.15) is 6.61 Å². The van der Waals surface area contributed by atoms with Crippen LogP contribution >= 0.6 is 11.3 Å². The van der Waals surface area contributed by atoms with Gasteiger partial charge in [-0.3, -0.25) is 10.1 Å². The molecule has 0 spiro atoms. The summed E-state index contributed by atoms with van der Waals surface area (Å²) in [5, 5.41) is 15.6. The molecule has 0 saturated carbocycles. The van der Waals surface area contributed by atoms with Gasteiger partial charge in [0.15, 0.2) is 5.76 Å². The molecule has 0 fully saturated rings. The lowest BCUT2D eigenvalue weighted by atomic mass is 10.0. The lowest BCUT2D eigenvalue weighted by molar-refractivity contribution is 0.0990. The molecule has 4 aromatic rings. The lowest BCUT2D eigenvalue weighted by Crippen LogP contribution is -2.39. The Bertz CT molecular complexity index is 1400. The van der Waals surface area contributed by atoms with Crippen molar-refractivity contribution in [2.45, 2.75) is 13.0 Å². The van der Waals surface area contributed by atoms with Crippen LogP contribution < -0.4 is 20.6 Å². The number of nitrogens with one attached hydrogen (secondary N) is 1. The van der Waals surface area contributed by atoms with Crippen molar-refractivity contribution >= 4 is 28.1 Å². The Balaban J connectivity index is 1.44. The van der Waals surface area contributed by atoms with Crippen LogP contribution in [0.3, 0.4) is 0 Å². The zero-order valence-corrected chi connectivity index (χ0v) is 19.8. The second kappa shape index (κ2) is 9.68. The zero-order chi connectivity index (χ0) is 24.4. The Morgan fingerprint density at radius 2 is 2.09 bits per heavy atom. The first-order valence-electron chi connectivity index (χ1n) is 10.8. The first-order valence-corrected chi connectivity index (χ1v) is 11.6. The number of aromatic nitrogens is 4. The highest BCUT2D eigenvalue weighted by molar-refractivity contribution is 7.17. The second-order valence-corrected chi connectivity index (χ2v) is 8.72. The summed E-state index contributed by atoms with van der Waals surface area (Å²) in [7, 11) is 1.62. The molecule has 180 valence electrons. The van der Waals surface area contributed by atoms with E-state index in [-0.39, 0.29) is 22.7 Å². The summed E-state index contributed by atoms with van der Waals surface area (Å²) in [6, 6.07) is 13.0. The minimum Gasteiger partial charge on any atom is -0.483 e. The fraction of sp³-hybridized carbons (Fsp3) is 0.261. The van der Waals surface area contributed by atoms with Crippen molar-refractivity contribution in [3.63, 3.8) is 0 Å². The van der Waals surface area contributed by atoms with Gasteiger partial charge in [-0.2, -0.15) is 5.10 Å². The van der Waals surface area contributed by atoms with E-state index in [0.29, 0.717) is 30.6 Å². The molecule has 0 radical (unpaired) electrons. The van der Waals surface area contributed by atoms with E-state index < -0.39 is 11.5 Å². The molecule has 1 N–H and O–H groups in total. The van der Waals surface area contributed by atoms with E-state index in [1.54, 1.807) is 18.0 Å². The van der Waals surface area contributed by atoms with Gasteiger partial charge in [-0.05, 0) is 18.6 Å². The van der Waals surface area contributed by atoms with E-state index in [0.717, 1.165) is 22.6 Å². The molecule has 35 heavy (non-hydrogen) atoms. The van der Waals surface area contributed by atoms with E-state index in [4.69, 9.17) is 13.9 Å². The van der Waals surface area contributed by atoms with Gasteiger partial charge in [0.05, 0.1) is 24.9 Å². The number of hydrogen-bond donors (Lipinski definition) is 1. The van der Waals surface area contributed by atoms with Crippen LogP contribution in [0.4, 0.5) is 10.8 Å². The standard InChI is InChI=1S/C23H22N6O5S/c1-14-8-9-24-29(14)23-27-26-22(35-23)25-20(30)18-12-16-19(21(31)34-18)33-11-10-28(16)17(13-32-2)15-6-4-3-5-7-15/h3-9,12,17H,10-11,13H2,1-2H3,(H,25,26,30)/t17-/m0/s1. The van der Waals surface area contributed by atoms with E-state index in [1.165, 1.54) is 6.07 Å². The van der Waals surface area contributed by atoms with Gasteiger partial charge in [-0.25, -0.2) is 9.48 Å². The molecule has 1 atom stereocenters. The maximum absolute atomic E-state index is 13.0. The van der Waals surface area contributed by atoms with E-state index in [9.17, 15) is 9.59 Å². The summed E-state index contributed by atoms with van der Waals surface area (Å²) in [6.45, 7) is 3.07. The Labute approximate surface area is 203 Å². The van der Waals surface area contributed by atoms with Crippen molar-refractivity contribution in [1.29, 1.82) is 0 Å². The normalized spacial score (nSPS) is 13.7. The first kappa shape index (κ1) is 22.7. The molecule has 1 aromatic carbocycles. The van der Waals surface area contributed by atoms with Crippen LogP contribution in [0, 0.1) is 6.92 Å². The number of aryl methyl sites for hydroxylation is 1. The van der Waals surface area contributed by atoms with Crippen molar-refractivity contribution in [2.24, 2.45) is 0 Å². The van der Waals surface area contributed by atoms with Crippen LogP contribution in [0.25, 0.3) is 5.13 Å². The number of nitrogens with zero attached hydrogens (tertiary/aromatic N) is 5. The number of ether oxygens (including phenoxy) is 2. The summed E-state index contributed by atoms with van der Waals surface area (Å²) in [6.07, 6.45) is 1.65. The number of rotatable bonds is 7. The maximum Gasteiger partial charge on any atom is 0.381 e. The average Bonchev–Trinajstić information content (AvgIpc) is 3.51. The molecular weight excluding hydrogens is 472 g/mol. The van der Waals surface area contributed by atoms with Gasteiger partial charge in [0.25, 0.3) is 5.91 Å². The molecule has 1 aliphatic rings. The third kappa shape index (κ3) is 4.53. The molecule has 12 heteroatoms. The minimum absolute atomic E-state index is 0.0668. The molecule has 0 aliphatic carbocycles. The van der Waals surface area contributed by atoms with E-state index >= 15 is 0 Å². The minimum atomic E-state index is -0.730. The highest BCUT2D eigenvalue weighted by Crippen LogP contribution is 2.36. The summed E-state index contributed by atoms with van der Waals surface area (Å²) >= 11 is 1.14. The van der Waals surface area contributed by atoms with E-state index in [1.807, 2.05) is 48.2 Å². The number of amides is 1. The quantitative estimate of drug-likeness (QED) is 0.413. The van der Waals surface area contributed by atoms with Gasteiger partial charge in [-0.1, -0.05) is 41.7 Å². The Morgan fingerprint density at radius 1 is 1.26 bits per heavy atom. The molecular formula is C23H22N6O5S. The second-order valence-electron chi connectivity index (χ2n) is 7.76. The summed E-state index contributed by atoms with van der Waals surface area (Å²) in [5.41, 5.74) is 1.63. The Kier molecular flexibility index (Phi) is 6.29. The topological polar surface area (TPSA) is 125 Å². The molecule has 0 bridgehead atoms. The predicted molar refractivity (Wildman–Crippen MR) is 129 cm³/mol. The van der Waals surface area contributed by atoms with Crippen molar-refractivity contribution in [1.82, 2.24) is 20.0 Å². The zero-order valence-electron chi connectivity index (χ0n) is 19.0. The number of anilines is 2. The number of methoxy groups -OCH3 is 1. The molecule has 0 saturated heterocycles. The largest absolute Gasteiger partial charge is 0.483 e. The van der Waals surface area contributed by atoms with Crippen LogP contribution in [0.5, 0.6) is 5.75 Å². The van der Waals surface area contributed by atoms with E-state index in [2.05, 4.69) is 20.6 Å². The van der Waals surface area contributed by atoms with Crippen molar-refractivity contribution in [3.8, 4) is 10.9 Å². The van der Waals surface area contributed by atoms with Gasteiger partial charge >= 0.3 is 5.63 Å². The SMILES string of the molecule is COC[C@@H](c1ccccc1)N1CCOc2c1cc(C(=O)Nc1nnc(-n3nccc3C)s1)oc2=O. The number of carbonyl (C=O) groups is 1. The van der Waals surface area contributed by atoms with Crippen LogP contribution in [-0.4, -0.2) is 52.8 Å². The average molecular weight is 495 g/mol. The summed E-state index contributed by atoms with van der Waals surface area (Å²) in [5.74, 6) is -0.726. The maximum atomic E-state index is 13.0. The highest BCUT2D eigenvalue weighted by Gasteiger charge is 2.31. The molecule has 3 aromatic heterocycles. The van der Waals surface area contributed by atoms with Crippen molar-refractivity contribution < 1.29 is 18.7 Å². The van der Waals surface area contributed by atoms with Gasteiger partial charge in [0, 0.05) is 25.1 Å². The fourth-order valence-electron chi connectivity index (χ4n) is 3.90. The Hall–Kier alpha value is -4.03. The molecule has 1 amide bonds. The molecule has 4 heterocycles. The number of hydrogen-bond acceptors (Lipinski definition) is 10. The monoisotopic (exact) mass is 494 g/mol. The highest BCUT2D eigenvalue weighted by atomic mass is 32.1. The molecule has 1 aliphatic heterocycles. The van der Waals surface area contributed by atoms with Gasteiger partial charge < -0.3 is 18.8 Å². The van der Waals surface area contributed by atoms with Crippen LogP contribution in [0.1, 0.15) is 27.9 Å². The van der Waals surface area contributed by atoms with Gasteiger partial charge in [0.2, 0.25) is 16.0 Å². The third-order valence-electron chi connectivity index (χ3n) is 5.53. The predicted octanol–water partition coefficient (Wildman–Crippen LogP) is 2.82. The van der Waals surface area contributed by atoms with Crippen molar-refractivity contribution in [2.75, 3.05) is 37.1 Å². The van der Waals surface area contributed by atoms with Gasteiger partial charge in [-0.15, -0.1) is 10.2 Å². The third-order valence-corrected chi connectivity index (χ3v) is 6.35. The fourth-order valence-corrected chi connectivity index (χ4v) is 4.66. The smallest absolute Gasteiger partial charge is 0.381 e. The summed E-state index contributed by atoms with van der Waals surface area (Å²) < 4.78 is 18.0. The van der Waals surface area contributed by atoms with Crippen molar-refractivity contribution in [3.05, 3.63) is 76.1 Å². The van der Waals surface area contributed by atoms with Crippen LogP contribution in [-0.2, 0) is 4.74 Å².